The summed E-state index contributed by atoms with van der Waals surface area (Å²) in [7, 11) is 0. The maximum Gasteiger partial charge on any atom is 0.435 e. The number of anilines is 1. The number of rotatable bonds is 7. The molecule has 1 aromatic carbocycles. The van der Waals surface area contributed by atoms with Gasteiger partial charge in [-0.1, -0.05) is 18.2 Å². The van der Waals surface area contributed by atoms with E-state index in [0.29, 0.717) is 12.5 Å². The number of nitrogens with zero attached hydrogens (tertiary/aromatic N) is 3. The highest BCUT2D eigenvalue weighted by Crippen LogP contribution is 2.35. The molecule has 38 heavy (non-hydrogen) atoms. The van der Waals surface area contributed by atoms with Crippen molar-refractivity contribution in [3.05, 3.63) is 78.1 Å². The van der Waals surface area contributed by atoms with Crippen LogP contribution >= 0.6 is 11.6 Å². The summed E-state index contributed by atoms with van der Waals surface area (Å²) in [6.45, 7) is -0.665. The maximum absolute atomic E-state index is 13.2. The number of carbonyl (C=O) groups is 1. The van der Waals surface area contributed by atoms with Crippen LogP contribution in [0, 0.1) is 0 Å². The van der Waals surface area contributed by atoms with E-state index < -0.39 is 41.5 Å². The number of carbonyl (C=O) groups excluding carboxylic acids is 1. The zero-order chi connectivity index (χ0) is 27.5. The van der Waals surface area contributed by atoms with Gasteiger partial charge in [-0.25, -0.2) is 9.67 Å². The molecule has 1 amide bonds. The van der Waals surface area contributed by atoms with Crippen LogP contribution in [0.3, 0.4) is 0 Å². The first-order valence-corrected chi connectivity index (χ1v) is 11.3. The standard InChI is InChI=1S/C24H17ClF6N4O3/c25-17-6-1-2-7-18(17)35-22(11-19(34-35)24(29,30)31)37-13-20(36)33-15-8-9-21(32-12-15)38-16-5-3-4-14(10-16)23(26,27)28/h1-5,7-12,17H,6,13H2,(H,33,36). The average Bonchev–Trinajstić information content (AvgIpc) is 3.29. The summed E-state index contributed by atoms with van der Waals surface area (Å²) in [5.41, 5.74) is -1.67. The van der Waals surface area contributed by atoms with Gasteiger partial charge in [0.05, 0.1) is 28.5 Å². The third-order valence-electron chi connectivity index (χ3n) is 5.03. The molecule has 0 saturated carbocycles. The fourth-order valence-corrected chi connectivity index (χ4v) is 3.56. The Bertz CT molecular complexity index is 1370. The van der Waals surface area contributed by atoms with E-state index >= 15 is 0 Å². The molecule has 14 heteroatoms. The molecule has 0 spiro atoms. The number of hydrogen-bond acceptors (Lipinski definition) is 5. The highest BCUT2D eigenvalue weighted by Gasteiger charge is 2.36. The number of halogens is 7. The zero-order valence-corrected chi connectivity index (χ0v) is 19.8. The second-order valence-corrected chi connectivity index (χ2v) is 8.38. The van der Waals surface area contributed by atoms with Crippen molar-refractivity contribution < 1.29 is 40.6 Å². The number of pyridine rings is 1. The van der Waals surface area contributed by atoms with Crippen molar-refractivity contribution >= 4 is 28.9 Å². The molecular formula is C24H17ClF6N4O3. The van der Waals surface area contributed by atoms with Crippen LogP contribution in [-0.4, -0.2) is 32.7 Å². The molecule has 1 unspecified atom stereocenters. The molecule has 7 nitrogen and oxygen atoms in total. The number of ether oxygens (including phenoxy) is 2. The molecule has 1 N–H and O–H groups in total. The number of aromatic nitrogens is 3. The summed E-state index contributed by atoms with van der Waals surface area (Å²) >= 11 is 6.21. The molecule has 3 aromatic rings. The molecule has 4 rings (SSSR count). The van der Waals surface area contributed by atoms with E-state index in [1.54, 1.807) is 12.2 Å². The lowest BCUT2D eigenvalue weighted by Crippen LogP contribution is -2.22. The third-order valence-corrected chi connectivity index (χ3v) is 5.44. The van der Waals surface area contributed by atoms with Crippen LogP contribution in [0.5, 0.6) is 17.5 Å². The number of benzene rings is 1. The van der Waals surface area contributed by atoms with E-state index in [-0.39, 0.29) is 28.9 Å². The van der Waals surface area contributed by atoms with Crippen LogP contribution in [-0.2, 0) is 17.1 Å². The van der Waals surface area contributed by atoms with Gasteiger partial charge in [-0.15, -0.1) is 11.6 Å². The monoisotopic (exact) mass is 558 g/mol. The largest absolute Gasteiger partial charge is 0.467 e. The lowest BCUT2D eigenvalue weighted by Gasteiger charge is -2.17. The first-order valence-electron chi connectivity index (χ1n) is 10.8. The summed E-state index contributed by atoms with van der Waals surface area (Å²) in [6.07, 6.45) is -2.87. The molecule has 1 atom stereocenters. The average molecular weight is 559 g/mol. The van der Waals surface area contributed by atoms with E-state index in [0.717, 1.165) is 16.8 Å². The normalized spacial score (nSPS) is 15.7. The highest BCUT2D eigenvalue weighted by molar-refractivity contribution is 6.25. The van der Waals surface area contributed by atoms with Crippen molar-refractivity contribution in [1.29, 1.82) is 0 Å². The number of hydrogen-bond donors (Lipinski definition) is 1. The summed E-state index contributed by atoms with van der Waals surface area (Å²) in [5.74, 6) is -1.18. The van der Waals surface area contributed by atoms with Gasteiger partial charge in [0.15, 0.2) is 12.3 Å². The molecule has 2 aromatic heterocycles. The van der Waals surface area contributed by atoms with Gasteiger partial charge < -0.3 is 14.8 Å². The predicted octanol–water partition coefficient (Wildman–Crippen LogP) is 6.53. The molecule has 0 fully saturated rings. The maximum atomic E-state index is 13.2. The summed E-state index contributed by atoms with van der Waals surface area (Å²) in [5, 5.41) is 5.33. The van der Waals surface area contributed by atoms with Gasteiger partial charge in [0.25, 0.3) is 5.91 Å². The lowest BCUT2D eigenvalue weighted by molar-refractivity contribution is -0.141. The summed E-state index contributed by atoms with van der Waals surface area (Å²) in [6, 6.07) is 7.57. The van der Waals surface area contributed by atoms with Gasteiger partial charge in [-0.2, -0.15) is 31.4 Å². The SMILES string of the molecule is O=C(COc1cc(C(F)(F)F)nn1C1=CC=CCC1Cl)Nc1ccc(Oc2cccc(C(F)(F)F)c2)nc1. The predicted molar refractivity (Wildman–Crippen MR) is 125 cm³/mol. The van der Waals surface area contributed by atoms with Crippen molar-refractivity contribution in [3.8, 4) is 17.5 Å². The van der Waals surface area contributed by atoms with Crippen molar-refractivity contribution in [2.45, 2.75) is 24.2 Å². The van der Waals surface area contributed by atoms with E-state index in [9.17, 15) is 31.1 Å². The van der Waals surface area contributed by atoms with Crippen molar-refractivity contribution in [2.24, 2.45) is 0 Å². The zero-order valence-electron chi connectivity index (χ0n) is 19.1. The van der Waals surface area contributed by atoms with Crippen molar-refractivity contribution in [1.82, 2.24) is 14.8 Å². The van der Waals surface area contributed by atoms with Gasteiger partial charge >= 0.3 is 12.4 Å². The number of allylic oxidation sites excluding steroid dienone is 4. The van der Waals surface area contributed by atoms with Crippen LogP contribution < -0.4 is 14.8 Å². The second kappa shape index (κ2) is 10.8. The van der Waals surface area contributed by atoms with Crippen LogP contribution in [0.4, 0.5) is 32.0 Å². The van der Waals surface area contributed by atoms with Gasteiger partial charge in [0.2, 0.25) is 11.8 Å². The molecule has 200 valence electrons. The third kappa shape index (κ3) is 6.65. The number of alkyl halides is 7. The Labute approximate surface area is 216 Å². The minimum atomic E-state index is -4.75. The van der Waals surface area contributed by atoms with Gasteiger partial charge in [-0.3, -0.25) is 4.79 Å². The van der Waals surface area contributed by atoms with E-state index in [1.807, 2.05) is 0 Å². The molecule has 2 heterocycles. The summed E-state index contributed by atoms with van der Waals surface area (Å²) < 4.78 is 89.8. The topological polar surface area (TPSA) is 78.3 Å². The molecular weight excluding hydrogens is 542 g/mol. The number of amides is 1. The second-order valence-electron chi connectivity index (χ2n) is 7.85. The summed E-state index contributed by atoms with van der Waals surface area (Å²) in [4.78, 5) is 16.3. The van der Waals surface area contributed by atoms with Crippen LogP contribution in [0.25, 0.3) is 5.70 Å². The Kier molecular flexibility index (Phi) is 7.67. The van der Waals surface area contributed by atoms with Gasteiger partial charge in [-0.05, 0) is 36.8 Å². The van der Waals surface area contributed by atoms with Crippen LogP contribution in [0.1, 0.15) is 17.7 Å². The first kappa shape index (κ1) is 27.0. The molecule has 0 radical (unpaired) electrons. The molecule has 0 saturated heterocycles. The number of nitrogens with one attached hydrogen (secondary N) is 1. The Hall–Kier alpha value is -4.00. The first-order chi connectivity index (χ1) is 17.9. The Morgan fingerprint density at radius 3 is 2.55 bits per heavy atom. The Morgan fingerprint density at radius 1 is 1.11 bits per heavy atom. The van der Waals surface area contributed by atoms with Crippen LogP contribution in [0.2, 0.25) is 0 Å². The molecule has 0 aliphatic heterocycles. The Balaban J connectivity index is 1.40. The van der Waals surface area contributed by atoms with Crippen molar-refractivity contribution in [3.63, 3.8) is 0 Å². The quantitative estimate of drug-likeness (QED) is 0.263. The lowest BCUT2D eigenvalue weighted by atomic mass is 10.1. The highest BCUT2D eigenvalue weighted by atomic mass is 35.5. The fourth-order valence-electron chi connectivity index (χ4n) is 3.29. The van der Waals surface area contributed by atoms with E-state index in [4.69, 9.17) is 21.1 Å². The minimum absolute atomic E-state index is 0.0346. The fraction of sp³-hybridized carbons (Fsp3) is 0.208. The van der Waals surface area contributed by atoms with Crippen LogP contribution in [0.15, 0.2) is 66.9 Å². The Morgan fingerprint density at radius 2 is 1.89 bits per heavy atom. The molecule has 1 aliphatic rings. The smallest absolute Gasteiger partial charge is 0.435 e. The molecule has 0 bridgehead atoms. The van der Waals surface area contributed by atoms with Gasteiger partial charge in [0, 0.05) is 12.1 Å². The van der Waals surface area contributed by atoms with Gasteiger partial charge in [0.1, 0.15) is 5.75 Å². The van der Waals surface area contributed by atoms with E-state index in [2.05, 4.69) is 15.4 Å². The molecule has 1 aliphatic carbocycles. The van der Waals surface area contributed by atoms with Crippen molar-refractivity contribution in [2.75, 3.05) is 11.9 Å². The van der Waals surface area contributed by atoms with E-state index in [1.165, 1.54) is 36.5 Å². The minimum Gasteiger partial charge on any atom is -0.467 e.